The van der Waals surface area contributed by atoms with E-state index in [2.05, 4.69) is 65.8 Å². The molecule has 2 aromatic rings. The van der Waals surface area contributed by atoms with Gasteiger partial charge in [0.2, 0.25) is 0 Å². The van der Waals surface area contributed by atoms with E-state index in [9.17, 15) is 0 Å². The summed E-state index contributed by atoms with van der Waals surface area (Å²) in [6.45, 7) is 7.79. The lowest BCUT2D eigenvalue weighted by Crippen LogP contribution is -2.39. The Labute approximate surface area is 171 Å². The van der Waals surface area contributed by atoms with Crippen LogP contribution in [0.3, 0.4) is 0 Å². The van der Waals surface area contributed by atoms with Gasteiger partial charge in [-0.15, -0.1) is 35.7 Å². The minimum absolute atomic E-state index is 0. The molecule has 2 rings (SSSR count). The molecule has 0 bridgehead atoms. The number of benzene rings is 1. The van der Waals surface area contributed by atoms with E-state index in [4.69, 9.17) is 4.52 Å². The zero-order chi connectivity index (χ0) is 17.4. The molecule has 0 spiro atoms. The Hall–Kier alpha value is -1.22. The van der Waals surface area contributed by atoms with E-state index in [0.717, 1.165) is 24.0 Å². The summed E-state index contributed by atoms with van der Waals surface area (Å²) in [7, 11) is 1.77. The molecule has 2 N–H and O–H groups in total. The second-order valence-corrected chi connectivity index (χ2v) is 7.43. The van der Waals surface area contributed by atoms with Crippen molar-refractivity contribution in [3.05, 3.63) is 47.9 Å². The van der Waals surface area contributed by atoms with Crippen LogP contribution in [0.4, 0.5) is 0 Å². The number of thioether (sulfide) groups is 1. The van der Waals surface area contributed by atoms with Gasteiger partial charge < -0.3 is 15.2 Å². The van der Waals surface area contributed by atoms with Crippen LogP contribution < -0.4 is 10.6 Å². The van der Waals surface area contributed by atoms with Crippen molar-refractivity contribution in [3.63, 3.8) is 0 Å². The van der Waals surface area contributed by atoms with Crippen LogP contribution >= 0.6 is 35.7 Å². The molecule has 0 radical (unpaired) electrons. The third-order valence-corrected chi connectivity index (χ3v) is 4.57. The minimum Gasteiger partial charge on any atom is -0.359 e. The number of guanidine groups is 1. The highest BCUT2D eigenvalue weighted by Gasteiger charge is 2.09. The molecule has 7 heteroatoms. The van der Waals surface area contributed by atoms with Crippen molar-refractivity contribution in [2.45, 2.75) is 43.4 Å². The molecule has 1 heterocycles. The van der Waals surface area contributed by atoms with Gasteiger partial charge in [0.05, 0.1) is 12.2 Å². The summed E-state index contributed by atoms with van der Waals surface area (Å²) in [4.78, 5) is 5.52. The van der Waals surface area contributed by atoms with E-state index in [1.54, 1.807) is 7.05 Å². The van der Waals surface area contributed by atoms with Gasteiger partial charge in [0.1, 0.15) is 0 Å². The van der Waals surface area contributed by atoms with Crippen LogP contribution in [0.2, 0.25) is 0 Å². The van der Waals surface area contributed by atoms with Gasteiger partial charge in [-0.25, -0.2) is 0 Å². The topological polar surface area (TPSA) is 62.5 Å². The van der Waals surface area contributed by atoms with Crippen molar-refractivity contribution in [3.8, 4) is 0 Å². The number of nitrogens with zero attached hydrogens (tertiary/aromatic N) is 2. The first kappa shape index (κ1) is 21.8. The van der Waals surface area contributed by atoms with Gasteiger partial charge in [-0.3, -0.25) is 4.99 Å². The summed E-state index contributed by atoms with van der Waals surface area (Å²) in [5.41, 5.74) is 0.975. The summed E-state index contributed by atoms with van der Waals surface area (Å²) in [6.07, 6.45) is 0. The maximum atomic E-state index is 5.33. The second kappa shape index (κ2) is 11.4. The Morgan fingerprint density at radius 1 is 1.20 bits per heavy atom. The summed E-state index contributed by atoms with van der Waals surface area (Å²) >= 11 is 1.84. The Kier molecular flexibility index (Phi) is 9.96. The van der Waals surface area contributed by atoms with Gasteiger partial charge >= 0.3 is 0 Å². The number of halogens is 1. The highest BCUT2D eigenvalue weighted by molar-refractivity contribution is 14.0. The number of aromatic nitrogens is 1. The Morgan fingerprint density at radius 2 is 1.92 bits per heavy atom. The monoisotopic (exact) mass is 474 g/mol. The van der Waals surface area contributed by atoms with Crippen molar-refractivity contribution in [2.75, 3.05) is 13.6 Å². The lowest BCUT2D eigenvalue weighted by atomic mass is 10.1. The van der Waals surface area contributed by atoms with Crippen LogP contribution in [0.15, 0.2) is 50.8 Å². The fourth-order valence-corrected chi connectivity index (χ4v) is 3.03. The lowest BCUT2D eigenvalue weighted by Gasteiger charge is -2.15. The van der Waals surface area contributed by atoms with Gasteiger partial charge in [-0.05, 0) is 18.1 Å². The van der Waals surface area contributed by atoms with Crippen LogP contribution in [-0.2, 0) is 6.54 Å². The van der Waals surface area contributed by atoms with E-state index in [-0.39, 0.29) is 24.0 Å². The average molecular weight is 474 g/mol. The standard InChI is InChI=1S/C18H26N4OS.HI/c1-13(2)17-10-15(23-22-17)12-21-18(19-4)20-11-14(3)24-16-8-6-5-7-9-16;/h5-10,13-14H,11-12H2,1-4H3,(H2,19,20,21);1H. The smallest absolute Gasteiger partial charge is 0.191 e. The maximum Gasteiger partial charge on any atom is 0.191 e. The van der Waals surface area contributed by atoms with E-state index in [1.165, 1.54) is 4.90 Å². The molecule has 0 saturated heterocycles. The van der Waals surface area contributed by atoms with Crippen LogP contribution in [-0.4, -0.2) is 30.0 Å². The first-order valence-corrected chi connectivity index (χ1v) is 9.08. The second-order valence-electron chi connectivity index (χ2n) is 5.92. The summed E-state index contributed by atoms with van der Waals surface area (Å²) in [5, 5.41) is 11.1. The number of hydrogen-bond donors (Lipinski definition) is 2. The van der Waals surface area contributed by atoms with E-state index < -0.39 is 0 Å². The normalized spacial score (nSPS) is 12.6. The summed E-state index contributed by atoms with van der Waals surface area (Å²) < 4.78 is 5.33. The maximum absolute atomic E-state index is 5.33. The molecule has 1 aromatic carbocycles. The molecule has 0 aliphatic heterocycles. The molecule has 0 aliphatic rings. The lowest BCUT2D eigenvalue weighted by molar-refractivity contribution is 0.372. The van der Waals surface area contributed by atoms with E-state index >= 15 is 0 Å². The largest absolute Gasteiger partial charge is 0.359 e. The van der Waals surface area contributed by atoms with Crippen molar-refractivity contribution in [1.29, 1.82) is 0 Å². The zero-order valence-corrected chi connectivity index (χ0v) is 18.3. The molecule has 138 valence electrons. The van der Waals surface area contributed by atoms with Crippen LogP contribution in [0.1, 0.15) is 38.1 Å². The van der Waals surface area contributed by atoms with Crippen LogP contribution in [0, 0.1) is 0 Å². The van der Waals surface area contributed by atoms with Crippen molar-refractivity contribution in [2.24, 2.45) is 4.99 Å². The van der Waals surface area contributed by atoms with Crippen molar-refractivity contribution >= 4 is 41.7 Å². The van der Waals surface area contributed by atoms with Crippen LogP contribution in [0.5, 0.6) is 0 Å². The molecule has 0 fully saturated rings. The molecule has 0 aliphatic carbocycles. The molecule has 25 heavy (non-hydrogen) atoms. The molecular formula is C18H27IN4OS. The summed E-state index contributed by atoms with van der Waals surface area (Å²) in [6, 6.07) is 12.4. The Balaban J connectivity index is 0.00000312. The third kappa shape index (κ3) is 7.68. The number of rotatable bonds is 7. The van der Waals surface area contributed by atoms with Gasteiger partial charge in [-0.2, -0.15) is 0 Å². The minimum atomic E-state index is 0. The predicted molar refractivity (Wildman–Crippen MR) is 116 cm³/mol. The SMILES string of the molecule is CN=C(NCc1cc(C(C)C)no1)NCC(C)Sc1ccccc1.I. The Bertz CT molecular complexity index is 646. The fraction of sp³-hybridized carbons (Fsp3) is 0.444. The molecule has 5 nitrogen and oxygen atoms in total. The van der Waals surface area contributed by atoms with Crippen molar-refractivity contribution in [1.82, 2.24) is 15.8 Å². The van der Waals surface area contributed by atoms with Gasteiger partial charge in [0, 0.05) is 29.8 Å². The fourth-order valence-electron chi connectivity index (χ4n) is 2.09. The number of hydrogen-bond acceptors (Lipinski definition) is 4. The third-order valence-electron chi connectivity index (χ3n) is 3.46. The zero-order valence-electron chi connectivity index (χ0n) is 15.2. The predicted octanol–water partition coefficient (Wildman–Crippen LogP) is 4.26. The van der Waals surface area contributed by atoms with Gasteiger partial charge in [-0.1, -0.05) is 44.1 Å². The van der Waals surface area contributed by atoms with Crippen LogP contribution in [0.25, 0.3) is 0 Å². The average Bonchev–Trinajstić information content (AvgIpc) is 3.05. The molecule has 1 unspecified atom stereocenters. The highest BCUT2D eigenvalue weighted by atomic mass is 127. The molecular weight excluding hydrogens is 447 g/mol. The Morgan fingerprint density at radius 3 is 2.52 bits per heavy atom. The number of nitrogens with one attached hydrogen (secondary N) is 2. The van der Waals surface area contributed by atoms with Gasteiger partial charge in [0.15, 0.2) is 11.7 Å². The summed E-state index contributed by atoms with van der Waals surface area (Å²) in [5.74, 6) is 1.95. The van der Waals surface area contributed by atoms with E-state index in [1.807, 2.05) is 23.9 Å². The quantitative estimate of drug-likeness (QED) is 0.272. The number of aliphatic imine (C=N–C) groups is 1. The van der Waals surface area contributed by atoms with E-state index in [0.29, 0.717) is 17.7 Å². The molecule has 1 aromatic heterocycles. The van der Waals surface area contributed by atoms with Gasteiger partial charge in [0.25, 0.3) is 0 Å². The molecule has 0 saturated carbocycles. The first-order chi connectivity index (χ1) is 11.6. The molecule has 0 amide bonds. The van der Waals surface area contributed by atoms with Crippen molar-refractivity contribution < 1.29 is 4.52 Å². The molecule has 1 atom stereocenters. The highest BCUT2D eigenvalue weighted by Crippen LogP contribution is 2.21. The first-order valence-electron chi connectivity index (χ1n) is 8.20.